The van der Waals surface area contributed by atoms with Crippen molar-refractivity contribution in [1.82, 2.24) is 19.9 Å². The summed E-state index contributed by atoms with van der Waals surface area (Å²) in [5.74, 6) is 0.643. The number of rotatable bonds is 5. The van der Waals surface area contributed by atoms with E-state index in [1.54, 1.807) is 18.6 Å². The minimum Gasteiger partial charge on any atom is -0.354 e. The Labute approximate surface area is 112 Å². The van der Waals surface area contributed by atoms with Crippen LogP contribution in [-0.2, 0) is 0 Å². The van der Waals surface area contributed by atoms with Gasteiger partial charge in [0.1, 0.15) is 5.03 Å². The first kappa shape index (κ1) is 12.4. The summed E-state index contributed by atoms with van der Waals surface area (Å²) >= 11 is 4.89. The molecular weight excluding hydrogens is 302 g/mol. The number of hydrogen-bond donors (Lipinski definition) is 2. The first-order valence-electron chi connectivity index (χ1n) is 5.23. The second-order valence-electron chi connectivity index (χ2n) is 3.27. The highest BCUT2D eigenvalue weighted by Gasteiger charge is 2.08. The van der Waals surface area contributed by atoms with Gasteiger partial charge in [0.05, 0.1) is 4.47 Å². The first-order chi connectivity index (χ1) is 8.29. The van der Waals surface area contributed by atoms with Gasteiger partial charge >= 0.3 is 0 Å². The maximum absolute atomic E-state index is 4.42. The zero-order valence-electron chi connectivity index (χ0n) is 9.27. The van der Waals surface area contributed by atoms with Crippen LogP contribution in [0.5, 0.6) is 0 Å². The van der Waals surface area contributed by atoms with Crippen LogP contribution in [-0.4, -0.2) is 26.5 Å². The summed E-state index contributed by atoms with van der Waals surface area (Å²) in [4.78, 5) is 15.8. The molecule has 0 aliphatic carbocycles. The molecule has 90 valence electrons. The number of aromatic amines is 1. The molecule has 7 heteroatoms. The Kier molecular flexibility index (Phi) is 4.38. The number of halogens is 1. The average Bonchev–Trinajstić information content (AvgIpc) is 2.83. The molecule has 0 bridgehead atoms. The van der Waals surface area contributed by atoms with Gasteiger partial charge in [0.15, 0.2) is 5.16 Å². The SMILES string of the molecule is CCCNc1ncc(Br)c(Sc2ncc[nH]2)n1. The summed E-state index contributed by atoms with van der Waals surface area (Å²) in [7, 11) is 0. The molecule has 2 N–H and O–H groups in total. The van der Waals surface area contributed by atoms with Crippen LogP contribution in [0.25, 0.3) is 0 Å². The van der Waals surface area contributed by atoms with E-state index in [0.717, 1.165) is 27.6 Å². The highest BCUT2D eigenvalue weighted by atomic mass is 79.9. The van der Waals surface area contributed by atoms with Crippen LogP contribution >= 0.6 is 27.7 Å². The Morgan fingerprint density at radius 3 is 3.06 bits per heavy atom. The van der Waals surface area contributed by atoms with E-state index in [2.05, 4.69) is 48.1 Å². The van der Waals surface area contributed by atoms with Crippen LogP contribution in [0.4, 0.5) is 5.95 Å². The van der Waals surface area contributed by atoms with Crippen molar-refractivity contribution in [3.05, 3.63) is 23.1 Å². The normalized spacial score (nSPS) is 10.5. The van der Waals surface area contributed by atoms with E-state index in [1.807, 2.05) is 0 Å². The molecule has 0 aliphatic rings. The van der Waals surface area contributed by atoms with Gasteiger partial charge in [-0.3, -0.25) is 0 Å². The predicted molar refractivity (Wildman–Crippen MR) is 71.2 cm³/mol. The number of H-pyrrole nitrogens is 1. The lowest BCUT2D eigenvalue weighted by atomic mass is 10.5. The molecule has 2 aromatic heterocycles. The molecule has 5 nitrogen and oxygen atoms in total. The summed E-state index contributed by atoms with van der Waals surface area (Å²) in [5, 5.41) is 4.81. The molecule has 0 aliphatic heterocycles. The van der Waals surface area contributed by atoms with Gasteiger partial charge < -0.3 is 10.3 Å². The molecule has 0 amide bonds. The van der Waals surface area contributed by atoms with Crippen molar-refractivity contribution in [1.29, 1.82) is 0 Å². The second-order valence-corrected chi connectivity index (χ2v) is 5.10. The first-order valence-corrected chi connectivity index (χ1v) is 6.84. The Balaban J connectivity index is 2.14. The molecule has 0 fully saturated rings. The van der Waals surface area contributed by atoms with Crippen molar-refractivity contribution in [2.45, 2.75) is 23.5 Å². The molecule has 0 aromatic carbocycles. The molecule has 17 heavy (non-hydrogen) atoms. The van der Waals surface area contributed by atoms with Crippen LogP contribution in [0.2, 0.25) is 0 Å². The van der Waals surface area contributed by atoms with Gasteiger partial charge in [0.25, 0.3) is 0 Å². The average molecular weight is 314 g/mol. The molecule has 0 radical (unpaired) electrons. The Hall–Kier alpha value is -1.08. The fourth-order valence-electron chi connectivity index (χ4n) is 1.14. The van der Waals surface area contributed by atoms with Crippen molar-refractivity contribution >= 4 is 33.6 Å². The summed E-state index contributed by atoms with van der Waals surface area (Å²) < 4.78 is 0.862. The Bertz CT molecular complexity index is 474. The van der Waals surface area contributed by atoms with Gasteiger partial charge in [-0.15, -0.1) is 0 Å². The smallest absolute Gasteiger partial charge is 0.223 e. The predicted octanol–water partition coefficient (Wildman–Crippen LogP) is 2.94. The Morgan fingerprint density at radius 2 is 2.35 bits per heavy atom. The van der Waals surface area contributed by atoms with E-state index < -0.39 is 0 Å². The second kappa shape index (κ2) is 6.02. The van der Waals surface area contributed by atoms with E-state index in [1.165, 1.54) is 11.8 Å². The fraction of sp³-hybridized carbons (Fsp3) is 0.300. The van der Waals surface area contributed by atoms with Crippen molar-refractivity contribution < 1.29 is 0 Å². The van der Waals surface area contributed by atoms with Gasteiger partial charge in [-0.05, 0) is 34.1 Å². The summed E-state index contributed by atoms with van der Waals surface area (Å²) in [6, 6.07) is 0. The third-order valence-electron chi connectivity index (χ3n) is 1.91. The van der Waals surface area contributed by atoms with E-state index in [4.69, 9.17) is 0 Å². The summed E-state index contributed by atoms with van der Waals surface area (Å²) in [5.41, 5.74) is 0. The molecular formula is C10H12BrN5S. The van der Waals surface area contributed by atoms with Gasteiger partial charge in [-0.1, -0.05) is 6.92 Å². The quantitative estimate of drug-likeness (QED) is 0.831. The van der Waals surface area contributed by atoms with Crippen molar-refractivity contribution in [3.8, 4) is 0 Å². The molecule has 0 spiro atoms. The third kappa shape index (κ3) is 3.44. The lowest BCUT2D eigenvalue weighted by Crippen LogP contribution is -2.04. The van der Waals surface area contributed by atoms with E-state index in [9.17, 15) is 0 Å². The van der Waals surface area contributed by atoms with Gasteiger partial charge in [-0.2, -0.15) is 0 Å². The molecule has 0 saturated carbocycles. The molecule has 0 saturated heterocycles. The standard InChI is InChI=1S/C10H12BrN5S/c1-2-3-12-9-15-6-7(11)8(16-9)17-10-13-4-5-14-10/h4-6H,2-3H2,1H3,(H,13,14)(H,12,15,16). The number of imidazole rings is 1. The van der Waals surface area contributed by atoms with E-state index in [0.29, 0.717) is 5.95 Å². The van der Waals surface area contributed by atoms with Gasteiger partial charge in [0.2, 0.25) is 5.95 Å². The number of anilines is 1. The Morgan fingerprint density at radius 1 is 1.47 bits per heavy atom. The number of nitrogens with zero attached hydrogens (tertiary/aromatic N) is 3. The fourth-order valence-corrected chi connectivity index (χ4v) is 2.28. The van der Waals surface area contributed by atoms with Crippen LogP contribution < -0.4 is 5.32 Å². The van der Waals surface area contributed by atoms with Crippen LogP contribution in [0.15, 0.2) is 33.2 Å². The lowest BCUT2D eigenvalue weighted by Gasteiger charge is -2.05. The van der Waals surface area contributed by atoms with Crippen LogP contribution in [0.1, 0.15) is 13.3 Å². The zero-order valence-corrected chi connectivity index (χ0v) is 11.7. The van der Waals surface area contributed by atoms with Crippen molar-refractivity contribution in [3.63, 3.8) is 0 Å². The van der Waals surface area contributed by atoms with Gasteiger partial charge in [-0.25, -0.2) is 15.0 Å². The topological polar surface area (TPSA) is 66.5 Å². The van der Waals surface area contributed by atoms with Crippen LogP contribution in [0.3, 0.4) is 0 Å². The lowest BCUT2D eigenvalue weighted by molar-refractivity contribution is 0.928. The van der Waals surface area contributed by atoms with Crippen LogP contribution in [0, 0.1) is 0 Å². The highest BCUT2D eigenvalue weighted by molar-refractivity contribution is 9.10. The highest BCUT2D eigenvalue weighted by Crippen LogP contribution is 2.29. The van der Waals surface area contributed by atoms with E-state index >= 15 is 0 Å². The minimum atomic E-state index is 0.643. The maximum atomic E-state index is 4.42. The maximum Gasteiger partial charge on any atom is 0.223 e. The van der Waals surface area contributed by atoms with Gasteiger partial charge in [0, 0.05) is 25.1 Å². The molecule has 0 atom stereocenters. The molecule has 2 heterocycles. The minimum absolute atomic E-state index is 0.643. The largest absolute Gasteiger partial charge is 0.354 e. The summed E-state index contributed by atoms with van der Waals surface area (Å²) in [6.07, 6.45) is 6.29. The molecule has 0 unspecified atom stereocenters. The zero-order chi connectivity index (χ0) is 12.1. The van der Waals surface area contributed by atoms with E-state index in [-0.39, 0.29) is 0 Å². The molecule has 2 rings (SSSR count). The third-order valence-corrected chi connectivity index (χ3v) is 3.68. The molecule has 2 aromatic rings. The van der Waals surface area contributed by atoms with Crippen molar-refractivity contribution in [2.75, 3.05) is 11.9 Å². The summed E-state index contributed by atoms with van der Waals surface area (Å²) in [6.45, 7) is 2.97. The monoisotopic (exact) mass is 313 g/mol. The number of hydrogen-bond acceptors (Lipinski definition) is 5. The van der Waals surface area contributed by atoms with Crippen molar-refractivity contribution in [2.24, 2.45) is 0 Å². The number of nitrogens with one attached hydrogen (secondary N) is 2. The number of aromatic nitrogens is 4.